The Balaban J connectivity index is 1.80. The third kappa shape index (κ3) is 5.97. The number of hydrogen-bond donors (Lipinski definition) is 1. The van der Waals surface area contributed by atoms with Gasteiger partial charge in [-0.2, -0.15) is 13.6 Å². The van der Waals surface area contributed by atoms with Crippen molar-refractivity contribution in [3.63, 3.8) is 0 Å². The van der Waals surface area contributed by atoms with E-state index in [1.54, 1.807) is 13.0 Å². The molecule has 3 aromatic rings. The minimum atomic E-state index is -3.18. The van der Waals surface area contributed by atoms with E-state index in [1.807, 2.05) is 37.3 Å². The maximum Gasteiger partial charge on any atom is 0.307 e. The zero-order valence-electron chi connectivity index (χ0n) is 20.7. The number of benzene rings is 2. The molecule has 0 saturated heterocycles. The van der Waals surface area contributed by atoms with Crippen LogP contribution in [0.1, 0.15) is 49.2 Å². The Labute approximate surface area is 224 Å². The minimum Gasteiger partial charge on any atom is -0.355 e. The molecule has 1 aliphatic rings. The van der Waals surface area contributed by atoms with Crippen LogP contribution in [0.25, 0.3) is 11.3 Å². The highest BCUT2D eigenvalue weighted by Crippen LogP contribution is 2.40. The number of aliphatic imine (C=N–C) groups is 1. The Kier molecular flexibility index (Phi) is 7.62. The number of hydrogen-bond acceptors (Lipinski definition) is 5. The van der Waals surface area contributed by atoms with Crippen LogP contribution in [0.5, 0.6) is 0 Å². The van der Waals surface area contributed by atoms with Crippen molar-refractivity contribution >= 4 is 45.9 Å². The van der Waals surface area contributed by atoms with Crippen molar-refractivity contribution in [2.24, 2.45) is 4.99 Å². The molecule has 0 radical (unpaired) electrons. The van der Waals surface area contributed by atoms with Crippen LogP contribution in [0.2, 0.25) is 10.0 Å². The van der Waals surface area contributed by atoms with Gasteiger partial charge in [0.05, 0.1) is 5.70 Å². The number of halogens is 4. The molecule has 0 fully saturated rings. The number of nitrogens with zero attached hydrogens (tertiary/aromatic N) is 5. The first-order valence-corrected chi connectivity index (χ1v) is 12.3. The van der Waals surface area contributed by atoms with Crippen LogP contribution >= 0.6 is 23.2 Å². The topological polar surface area (TPSA) is 68.0 Å². The highest BCUT2D eigenvalue weighted by Gasteiger charge is 2.30. The summed E-state index contributed by atoms with van der Waals surface area (Å²) in [4.78, 5) is 5.98. The molecule has 2 heterocycles. The highest BCUT2D eigenvalue weighted by molar-refractivity contribution is 6.32. The standard InChI is InChI=1S/C27H26Cl2F2N6/c1-15-10-11-20(18(4)33-24-16(2)12-19(28)13-22(15)24)25(21-8-6-7-9-23(21)29)32-17(3)14-37-35-26(34-36-37)27(5,30)31/h6-9,12-13,33H,1,4,10-11,14H2,2-3,5H3/b25-20+,32-17?. The molecule has 1 aliphatic heterocycles. The minimum absolute atomic E-state index is 0.0668. The number of alkyl halides is 2. The molecule has 4 rings (SSSR count). The number of aromatic nitrogens is 4. The predicted octanol–water partition coefficient (Wildman–Crippen LogP) is 7.71. The Morgan fingerprint density at radius 2 is 1.92 bits per heavy atom. The third-order valence-electron chi connectivity index (χ3n) is 5.93. The van der Waals surface area contributed by atoms with Crippen LogP contribution in [-0.4, -0.2) is 25.9 Å². The number of fused-ring (bicyclic) bond motifs is 1. The number of rotatable bonds is 5. The van der Waals surface area contributed by atoms with Crippen molar-refractivity contribution in [1.29, 1.82) is 0 Å². The Morgan fingerprint density at radius 1 is 1.19 bits per heavy atom. The molecule has 2 aromatic carbocycles. The second-order valence-corrected chi connectivity index (χ2v) is 9.88. The molecular weight excluding hydrogens is 517 g/mol. The van der Waals surface area contributed by atoms with E-state index in [-0.39, 0.29) is 6.54 Å². The van der Waals surface area contributed by atoms with Gasteiger partial charge in [0.15, 0.2) is 0 Å². The van der Waals surface area contributed by atoms with Crippen molar-refractivity contribution in [2.45, 2.75) is 46.1 Å². The molecule has 1 N–H and O–H groups in total. The van der Waals surface area contributed by atoms with Gasteiger partial charge in [-0.3, -0.25) is 4.99 Å². The molecule has 0 spiro atoms. The van der Waals surface area contributed by atoms with Gasteiger partial charge < -0.3 is 5.32 Å². The van der Waals surface area contributed by atoms with Gasteiger partial charge >= 0.3 is 5.92 Å². The van der Waals surface area contributed by atoms with E-state index < -0.39 is 11.7 Å². The summed E-state index contributed by atoms with van der Waals surface area (Å²) in [6.45, 7) is 13.1. The smallest absolute Gasteiger partial charge is 0.307 e. The number of aryl methyl sites for hydroxylation is 1. The summed E-state index contributed by atoms with van der Waals surface area (Å²) in [6, 6.07) is 11.2. The molecule has 0 bridgehead atoms. The molecular formula is C27H26Cl2F2N6. The zero-order chi connectivity index (χ0) is 26.9. The summed E-state index contributed by atoms with van der Waals surface area (Å²) in [5.74, 6) is -3.83. The molecule has 6 nitrogen and oxygen atoms in total. The van der Waals surface area contributed by atoms with Gasteiger partial charge in [0.1, 0.15) is 6.54 Å². The third-order valence-corrected chi connectivity index (χ3v) is 6.48. The van der Waals surface area contributed by atoms with Crippen LogP contribution in [0, 0.1) is 6.92 Å². The fourth-order valence-electron chi connectivity index (χ4n) is 4.10. The Morgan fingerprint density at radius 3 is 2.59 bits per heavy atom. The van der Waals surface area contributed by atoms with Gasteiger partial charge in [0.2, 0.25) is 5.82 Å². The summed E-state index contributed by atoms with van der Waals surface area (Å²) >= 11 is 12.9. The first-order chi connectivity index (χ1) is 17.4. The number of nitrogens with one attached hydrogen (secondary N) is 1. The molecule has 37 heavy (non-hydrogen) atoms. The van der Waals surface area contributed by atoms with Crippen molar-refractivity contribution < 1.29 is 8.78 Å². The molecule has 1 aromatic heterocycles. The number of anilines is 1. The van der Waals surface area contributed by atoms with Gasteiger partial charge in [-0.15, -0.1) is 10.2 Å². The summed E-state index contributed by atoms with van der Waals surface area (Å²) in [5.41, 5.74) is 7.14. The van der Waals surface area contributed by atoms with E-state index in [1.165, 1.54) is 0 Å². The molecule has 0 aliphatic carbocycles. The van der Waals surface area contributed by atoms with Crippen LogP contribution < -0.4 is 5.32 Å². The van der Waals surface area contributed by atoms with Crippen molar-refractivity contribution in [1.82, 2.24) is 20.2 Å². The zero-order valence-corrected chi connectivity index (χ0v) is 22.3. The average Bonchev–Trinajstić information content (AvgIpc) is 3.28. The second kappa shape index (κ2) is 10.6. The molecule has 0 saturated carbocycles. The van der Waals surface area contributed by atoms with E-state index in [0.717, 1.165) is 39.7 Å². The summed E-state index contributed by atoms with van der Waals surface area (Å²) < 4.78 is 27.1. The van der Waals surface area contributed by atoms with Crippen molar-refractivity contribution in [3.8, 4) is 0 Å². The molecule has 10 heteroatoms. The molecule has 0 amide bonds. The highest BCUT2D eigenvalue weighted by atomic mass is 35.5. The van der Waals surface area contributed by atoms with Gasteiger partial charge in [-0.25, -0.2) is 0 Å². The lowest BCUT2D eigenvalue weighted by molar-refractivity contribution is 0.00741. The quantitative estimate of drug-likeness (QED) is 0.335. The molecule has 0 atom stereocenters. The average molecular weight is 543 g/mol. The lowest BCUT2D eigenvalue weighted by Crippen LogP contribution is -2.14. The van der Waals surface area contributed by atoms with E-state index in [0.29, 0.717) is 45.6 Å². The van der Waals surface area contributed by atoms with Crippen LogP contribution in [-0.2, 0) is 12.5 Å². The lowest BCUT2D eigenvalue weighted by atomic mass is 9.91. The van der Waals surface area contributed by atoms with E-state index in [9.17, 15) is 8.78 Å². The van der Waals surface area contributed by atoms with Gasteiger partial charge in [0.25, 0.3) is 0 Å². The summed E-state index contributed by atoms with van der Waals surface area (Å²) in [6.07, 6.45) is 1.23. The first-order valence-electron chi connectivity index (χ1n) is 11.6. The largest absolute Gasteiger partial charge is 0.355 e. The Hall–Kier alpha value is -3.36. The second-order valence-electron chi connectivity index (χ2n) is 9.04. The van der Waals surface area contributed by atoms with Crippen LogP contribution in [0.4, 0.5) is 14.5 Å². The molecule has 0 unspecified atom stereocenters. The summed E-state index contributed by atoms with van der Waals surface area (Å²) in [5, 5.41) is 15.6. The predicted molar refractivity (Wildman–Crippen MR) is 146 cm³/mol. The van der Waals surface area contributed by atoms with E-state index in [2.05, 4.69) is 33.9 Å². The van der Waals surface area contributed by atoms with Gasteiger partial charge in [0, 0.05) is 50.8 Å². The first kappa shape index (κ1) is 26.7. The fraction of sp³-hybridized carbons (Fsp3) is 0.259. The number of tetrazole rings is 1. The van der Waals surface area contributed by atoms with Crippen molar-refractivity contribution in [3.05, 3.63) is 93.4 Å². The Bertz CT molecular complexity index is 1450. The van der Waals surface area contributed by atoms with E-state index >= 15 is 0 Å². The monoisotopic (exact) mass is 542 g/mol. The lowest BCUT2D eigenvalue weighted by Gasteiger charge is -2.25. The normalized spacial score (nSPS) is 16.1. The van der Waals surface area contributed by atoms with Gasteiger partial charge in [-0.05, 0) is 61.2 Å². The summed E-state index contributed by atoms with van der Waals surface area (Å²) in [7, 11) is 0. The van der Waals surface area contributed by atoms with Crippen LogP contribution in [0.3, 0.4) is 0 Å². The maximum atomic E-state index is 13.6. The van der Waals surface area contributed by atoms with E-state index in [4.69, 9.17) is 28.2 Å². The van der Waals surface area contributed by atoms with Crippen LogP contribution in [0.15, 0.2) is 65.8 Å². The maximum absolute atomic E-state index is 13.6. The molecule has 192 valence electrons. The van der Waals surface area contributed by atoms with Crippen molar-refractivity contribution in [2.75, 3.05) is 5.32 Å². The SMILES string of the molecule is C=C1Nc2c(C)cc(Cl)cc2C(=C)CC/C1=C(\N=C(C)Cn1nnc(C(C)(F)F)n1)c1ccccc1Cl. The fourth-order valence-corrected chi connectivity index (χ4v) is 4.60. The number of allylic oxidation sites excluding steroid dienone is 2. The van der Waals surface area contributed by atoms with Gasteiger partial charge in [-0.1, -0.05) is 54.6 Å².